The molecule has 0 aliphatic carbocycles. The van der Waals surface area contributed by atoms with E-state index in [1.807, 2.05) is 0 Å². The Labute approximate surface area is 172 Å². The van der Waals surface area contributed by atoms with Gasteiger partial charge in [-0.3, -0.25) is 4.79 Å². The summed E-state index contributed by atoms with van der Waals surface area (Å²) in [5.41, 5.74) is 6.88. The fraction of sp³-hybridized carbons (Fsp3) is 0.611. The summed E-state index contributed by atoms with van der Waals surface area (Å²) in [5, 5.41) is 2.84. The molecule has 1 amide bonds. The van der Waals surface area contributed by atoms with Crippen LogP contribution in [0.5, 0.6) is 0 Å². The molecule has 1 aromatic carbocycles. The average molecular weight is 434 g/mol. The number of halogens is 1. The van der Waals surface area contributed by atoms with Gasteiger partial charge in [-0.05, 0) is 36.5 Å². The van der Waals surface area contributed by atoms with Gasteiger partial charge in [-0.1, -0.05) is 12.1 Å². The standard InChI is InChI=1S/C18H27N3O5S.ClH/c19-17(15-5-9-25-10-6-15)18(22)20-13-14-1-3-16(4-2-14)27(23,24)21-7-11-26-12-8-21;/h1-4,15,17H,5-13,19H2,(H,20,22);1H. The van der Waals surface area contributed by atoms with Crippen LogP contribution in [0.15, 0.2) is 29.2 Å². The molecule has 0 radical (unpaired) electrons. The summed E-state index contributed by atoms with van der Waals surface area (Å²) in [6.07, 6.45) is 1.59. The first kappa shape index (κ1) is 23.1. The van der Waals surface area contributed by atoms with Crippen molar-refractivity contribution in [2.24, 2.45) is 11.7 Å². The van der Waals surface area contributed by atoms with Crippen molar-refractivity contribution in [3.63, 3.8) is 0 Å². The highest BCUT2D eigenvalue weighted by atomic mass is 35.5. The molecule has 2 aliphatic rings. The Kier molecular flexibility index (Phi) is 8.66. The van der Waals surface area contributed by atoms with E-state index in [1.54, 1.807) is 24.3 Å². The lowest BCUT2D eigenvalue weighted by Gasteiger charge is -2.27. The Bertz CT molecular complexity index is 732. The maximum Gasteiger partial charge on any atom is 0.243 e. The number of carbonyl (C=O) groups is 1. The van der Waals surface area contributed by atoms with Crippen molar-refractivity contribution in [3.8, 4) is 0 Å². The summed E-state index contributed by atoms with van der Waals surface area (Å²) in [4.78, 5) is 12.5. The first-order valence-corrected chi connectivity index (χ1v) is 10.7. The van der Waals surface area contributed by atoms with Crippen molar-refractivity contribution in [1.29, 1.82) is 0 Å². The molecule has 0 bridgehead atoms. The molecule has 3 N–H and O–H groups in total. The minimum absolute atomic E-state index is 0. The maximum absolute atomic E-state index is 12.6. The van der Waals surface area contributed by atoms with Crippen molar-refractivity contribution in [2.75, 3.05) is 39.5 Å². The van der Waals surface area contributed by atoms with Gasteiger partial charge in [0.1, 0.15) is 0 Å². The SMILES string of the molecule is Cl.NC(C(=O)NCc1ccc(S(=O)(=O)N2CCOCC2)cc1)C1CCOCC1. The fourth-order valence-corrected chi connectivity index (χ4v) is 4.72. The number of amides is 1. The summed E-state index contributed by atoms with van der Waals surface area (Å²) >= 11 is 0. The maximum atomic E-state index is 12.6. The van der Waals surface area contributed by atoms with Crippen molar-refractivity contribution in [3.05, 3.63) is 29.8 Å². The summed E-state index contributed by atoms with van der Waals surface area (Å²) in [7, 11) is -3.50. The number of nitrogens with one attached hydrogen (secondary N) is 1. The van der Waals surface area contributed by atoms with Gasteiger partial charge in [-0.2, -0.15) is 4.31 Å². The molecule has 8 nitrogen and oxygen atoms in total. The van der Waals surface area contributed by atoms with E-state index in [0.717, 1.165) is 18.4 Å². The minimum Gasteiger partial charge on any atom is -0.381 e. The second kappa shape index (κ2) is 10.5. The van der Waals surface area contributed by atoms with Crippen LogP contribution in [-0.4, -0.2) is 64.2 Å². The van der Waals surface area contributed by atoms with E-state index >= 15 is 0 Å². The second-order valence-corrected chi connectivity index (χ2v) is 8.79. The van der Waals surface area contributed by atoms with Gasteiger partial charge in [0.15, 0.2) is 0 Å². The third kappa shape index (κ3) is 5.65. The van der Waals surface area contributed by atoms with Crippen LogP contribution < -0.4 is 11.1 Å². The van der Waals surface area contributed by atoms with Gasteiger partial charge in [0.25, 0.3) is 0 Å². The average Bonchev–Trinajstić information content (AvgIpc) is 2.73. The zero-order valence-corrected chi connectivity index (χ0v) is 17.3. The van der Waals surface area contributed by atoms with Crippen molar-refractivity contribution in [1.82, 2.24) is 9.62 Å². The molecular formula is C18H28ClN3O5S. The van der Waals surface area contributed by atoms with E-state index in [9.17, 15) is 13.2 Å². The van der Waals surface area contributed by atoms with Gasteiger partial charge < -0.3 is 20.5 Å². The molecule has 0 spiro atoms. The normalized spacial score (nSPS) is 20.2. The summed E-state index contributed by atoms with van der Waals surface area (Å²) in [5.74, 6) is -0.0493. The molecule has 0 aromatic heterocycles. The second-order valence-electron chi connectivity index (χ2n) is 6.85. The molecular weight excluding hydrogens is 406 g/mol. The quantitative estimate of drug-likeness (QED) is 0.675. The largest absolute Gasteiger partial charge is 0.381 e. The molecule has 10 heteroatoms. The molecule has 1 aromatic rings. The van der Waals surface area contributed by atoms with Gasteiger partial charge in [-0.15, -0.1) is 12.4 Å². The number of benzene rings is 1. The van der Waals surface area contributed by atoms with Crippen LogP contribution in [0.1, 0.15) is 18.4 Å². The highest BCUT2D eigenvalue weighted by Crippen LogP contribution is 2.19. The van der Waals surface area contributed by atoms with Crippen molar-refractivity contribution in [2.45, 2.75) is 30.3 Å². The first-order valence-electron chi connectivity index (χ1n) is 9.26. The number of rotatable bonds is 6. The highest BCUT2D eigenvalue weighted by molar-refractivity contribution is 7.89. The van der Waals surface area contributed by atoms with Crippen LogP contribution in [0, 0.1) is 5.92 Å². The Morgan fingerprint density at radius 3 is 2.29 bits per heavy atom. The molecule has 2 fully saturated rings. The van der Waals surface area contributed by atoms with E-state index in [4.69, 9.17) is 15.2 Å². The van der Waals surface area contributed by atoms with E-state index in [2.05, 4.69) is 5.32 Å². The van der Waals surface area contributed by atoms with E-state index in [-0.39, 0.29) is 29.1 Å². The number of morpholine rings is 1. The van der Waals surface area contributed by atoms with Crippen LogP contribution in [0.25, 0.3) is 0 Å². The van der Waals surface area contributed by atoms with Crippen LogP contribution in [0.4, 0.5) is 0 Å². The summed E-state index contributed by atoms with van der Waals surface area (Å²) < 4.78 is 37.1. The molecule has 2 saturated heterocycles. The zero-order chi connectivity index (χ0) is 19.3. The Hall–Kier alpha value is -1.23. The molecule has 158 valence electrons. The number of nitrogens with zero attached hydrogens (tertiary/aromatic N) is 1. The molecule has 28 heavy (non-hydrogen) atoms. The van der Waals surface area contributed by atoms with Crippen LogP contribution in [0.3, 0.4) is 0 Å². The zero-order valence-electron chi connectivity index (χ0n) is 15.7. The van der Waals surface area contributed by atoms with Gasteiger partial charge in [0, 0.05) is 32.8 Å². The van der Waals surface area contributed by atoms with Crippen LogP contribution in [0.2, 0.25) is 0 Å². The first-order chi connectivity index (χ1) is 13.0. The molecule has 0 saturated carbocycles. The number of ether oxygens (including phenoxy) is 2. The Morgan fingerprint density at radius 1 is 1.11 bits per heavy atom. The number of hydrogen-bond donors (Lipinski definition) is 2. The van der Waals surface area contributed by atoms with Crippen molar-refractivity contribution >= 4 is 28.3 Å². The molecule has 2 heterocycles. The number of hydrogen-bond acceptors (Lipinski definition) is 6. The number of carbonyl (C=O) groups excluding carboxylic acids is 1. The lowest BCUT2D eigenvalue weighted by Crippen LogP contribution is -2.46. The van der Waals surface area contributed by atoms with Gasteiger partial charge in [0.2, 0.25) is 15.9 Å². The van der Waals surface area contributed by atoms with Gasteiger partial charge in [0.05, 0.1) is 24.2 Å². The summed E-state index contributed by atoms with van der Waals surface area (Å²) in [6, 6.07) is 6.03. The number of sulfonamides is 1. The Morgan fingerprint density at radius 2 is 1.68 bits per heavy atom. The van der Waals surface area contributed by atoms with Crippen LogP contribution >= 0.6 is 12.4 Å². The monoisotopic (exact) mass is 433 g/mol. The minimum atomic E-state index is -3.50. The van der Waals surface area contributed by atoms with E-state index < -0.39 is 16.1 Å². The predicted octanol–water partition coefficient (Wildman–Crippen LogP) is 0.499. The summed E-state index contributed by atoms with van der Waals surface area (Å²) in [6.45, 7) is 3.16. The molecule has 2 aliphatic heterocycles. The van der Waals surface area contributed by atoms with E-state index in [0.29, 0.717) is 46.1 Å². The molecule has 3 rings (SSSR count). The van der Waals surface area contributed by atoms with Gasteiger partial charge >= 0.3 is 0 Å². The lowest BCUT2D eigenvalue weighted by atomic mass is 9.92. The third-order valence-electron chi connectivity index (χ3n) is 5.07. The predicted molar refractivity (Wildman–Crippen MR) is 107 cm³/mol. The fourth-order valence-electron chi connectivity index (χ4n) is 3.31. The van der Waals surface area contributed by atoms with Gasteiger partial charge in [-0.25, -0.2) is 8.42 Å². The topological polar surface area (TPSA) is 111 Å². The highest BCUT2D eigenvalue weighted by Gasteiger charge is 2.27. The third-order valence-corrected chi connectivity index (χ3v) is 6.99. The van der Waals surface area contributed by atoms with Crippen molar-refractivity contribution < 1.29 is 22.7 Å². The lowest BCUT2D eigenvalue weighted by molar-refractivity contribution is -0.124. The van der Waals surface area contributed by atoms with Crippen LogP contribution in [-0.2, 0) is 30.8 Å². The van der Waals surface area contributed by atoms with E-state index in [1.165, 1.54) is 4.31 Å². The molecule has 1 atom stereocenters. The smallest absolute Gasteiger partial charge is 0.243 e. The number of nitrogens with two attached hydrogens (primary N) is 1. The Balaban J connectivity index is 0.00000280. The molecule has 1 unspecified atom stereocenters.